The molecule has 13 heteroatoms. The number of alkyl carbamates (subject to hydrolysis) is 1. The largest absolute Gasteiger partial charge is 0.445 e. The van der Waals surface area contributed by atoms with Crippen LogP contribution in [0.3, 0.4) is 0 Å². The Bertz CT molecular complexity index is 1840. The number of carbonyl (C=O) groups excluding carboxylic acids is 1. The predicted molar refractivity (Wildman–Crippen MR) is 189 cm³/mol. The first-order valence-corrected chi connectivity index (χ1v) is 16.4. The summed E-state index contributed by atoms with van der Waals surface area (Å²) >= 11 is 0. The van der Waals surface area contributed by atoms with E-state index in [4.69, 9.17) is 25.1 Å². The van der Waals surface area contributed by atoms with Crippen LogP contribution in [0.1, 0.15) is 5.56 Å². The van der Waals surface area contributed by atoms with E-state index >= 15 is 0 Å². The van der Waals surface area contributed by atoms with Crippen LogP contribution in [0.5, 0.6) is 0 Å². The molecule has 3 aromatic carbocycles. The van der Waals surface area contributed by atoms with Gasteiger partial charge in [-0.1, -0.05) is 42.5 Å². The van der Waals surface area contributed by atoms with Crippen molar-refractivity contribution in [1.29, 1.82) is 0 Å². The van der Waals surface area contributed by atoms with Gasteiger partial charge in [-0.3, -0.25) is 0 Å². The maximum atomic E-state index is 13.7. The zero-order valence-electron chi connectivity index (χ0n) is 27.9. The smallest absolute Gasteiger partial charge is 0.407 e. The van der Waals surface area contributed by atoms with Crippen molar-refractivity contribution >= 4 is 39.3 Å². The summed E-state index contributed by atoms with van der Waals surface area (Å²) < 4.78 is 43.7. The van der Waals surface area contributed by atoms with E-state index in [9.17, 15) is 13.6 Å². The number of ether oxygens (including phenoxy) is 3. The van der Waals surface area contributed by atoms with Crippen LogP contribution >= 0.6 is 0 Å². The van der Waals surface area contributed by atoms with E-state index in [1.54, 1.807) is 24.5 Å². The summed E-state index contributed by atoms with van der Waals surface area (Å²) in [6.07, 6.45) is 2.79. The van der Waals surface area contributed by atoms with Crippen molar-refractivity contribution < 1.29 is 32.9 Å². The molecule has 2 aliphatic heterocycles. The number of benzene rings is 3. The van der Waals surface area contributed by atoms with Crippen LogP contribution in [-0.2, 0) is 20.8 Å². The van der Waals surface area contributed by atoms with Gasteiger partial charge < -0.3 is 40.2 Å². The van der Waals surface area contributed by atoms with Crippen molar-refractivity contribution in [3.8, 4) is 0 Å². The molecule has 0 spiro atoms. The third-order valence-electron chi connectivity index (χ3n) is 8.24. The lowest BCUT2D eigenvalue weighted by Crippen LogP contribution is -2.48. The third-order valence-corrected chi connectivity index (χ3v) is 8.24. The minimum atomic E-state index is -0.486. The van der Waals surface area contributed by atoms with E-state index in [1.807, 2.05) is 42.5 Å². The summed E-state index contributed by atoms with van der Waals surface area (Å²) in [5.74, 6) is 0.991. The molecule has 5 aromatic rings. The molecule has 2 aromatic heterocycles. The monoisotopic (exact) mass is 688 g/mol. The Balaban J connectivity index is 0.000000200. The molecule has 2 saturated heterocycles. The van der Waals surface area contributed by atoms with Crippen molar-refractivity contribution in [3.05, 3.63) is 108 Å². The molecule has 7 rings (SSSR count). The number of hydrogen-bond acceptors (Lipinski definition) is 10. The standard InChI is InChI=1S/C22H22FN3O3.C14H16FN3O.CH4O/c23-18-7-6-17-8-9-24-21(20(17)12-18)26-10-11-28-19(14-26)13-25-22(27)29-15-16-4-2-1-3-5-16;15-11-2-1-10-3-4-17-14(13(10)7-11)18-5-6-19-12(8-16)9-18;1-2/h1-9,12,19H,10-11,13-15H2,(H,25,27);1-4,7,12H,5-6,8-9,16H2;2H,1H3. The second kappa shape index (κ2) is 18.2. The topological polar surface area (TPSA) is 135 Å². The van der Waals surface area contributed by atoms with Gasteiger partial charge in [0.1, 0.15) is 29.9 Å². The number of amides is 1. The molecule has 4 N–H and O–H groups in total. The van der Waals surface area contributed by atoms with Gasteiger partial charge in [-0.25, -0.2) is 23.5 Å². The fourth-order valence-corrected chi connectivity index (χ4v) is 5.82. The Morgan fingerprint density at radius 3 is 1.94 bits per heavy atom. The first-order chi connectivity index (χ1) is 24.5. The number of morpholine rings is 2. The van der Waals surface area contributed by atoms with Gasteiger partial charge in [0.15, 0.2) is 0 Å². The lowest BCUT2D eigenvalue weighted by Gasteiger charge is -2.34. The maximum Gasteiger partial charge on any atom is 0.407 e. The molecular weight excluding hydrogens is 646 g/mol. The summed E-state index contributed by atoms with van der Waals surface area (Å²) in [5, 5.41) is 13.3. The minimum Gasteiger partial charge on any atom is -0.445 e. The van der Waals surface area contributed by atoms with Crippen molar-refractivity contribution in [2.75, 3.05) is 69.4 Å². The third kappa shape index (κ3) is 9.60. The average Bonchev–Trinajstić information content (AvgIpc) is 3.17. The molecule has 2 unspecified atom stereocenters. The van der Waals surface area contributed by atoms with Crippen LogP contribution in [0.4, 0.5) is 25.2 Å². The van der Waals surface area contributed by atoms with E-state index in [-0.39, 0.29) is 30.4 Å². The predicted octanol–water partition coefficient (Wildman–Crippen LogP) is 4.65. The van der Waals surface area contributed by atoms with Crippen molar-refractivity contribution in [2.24, 2.45) is 5.73 Å². The van der Waals surface area contributed by atoms with Gasteiger partial charge in [-0.15, -0.1) is 0 Å². The van der Waals surface area contributed by atoms with E-state index < -0.39 is 6.09 Å². The number of rotatable bonds is 7. The van der Waals surface area contributed by atoms with E-state index in [2.05, 4.69) is 25.1 Å². The number of carbonyl (C=O) groups is 1. The molecule has 4 heterocycles. The number of halogens is 2. The molecule has 2 aliphatic rings. The molecule has 2 atom stereocenters. The quantitative estimate of drug-likeness (QED) is 0.222. The molecule has 264 valence electrons. The highest BCUT2D eigenvalue weighted by Gasteiger charge is 2.24. The van der Waals surface area contributed by atoms with Crippen LogP contribution in [0.15, 0.2) is 91.3 Å². The van der Waals surface area contributed by atoms with Gasteiger partial charge in [0.2, 0.25) is 0 Å². The Kier molecular flexibility index (Phi) is 13.2. The molecule has 11 nitrogen and oxygen atoms in total. The van der Waals surface area contributed by atoms with Gasteiger partial charge in [0, 0.05) is 69.5 Å². The number of fused-ring (bicyclic) bond motifs is 2. The molecule has 0 radical (unpaired) electrons. The summed E-state index contributed by atoms with van der Waals surface area (Å²) in [6, 6.07) is 22.7. The summed E-state index contributed by atoms with van der Waals surface area (Å²) in [7, 11) is 1.00. The molecule has 1 amide bonds. The van der Waals surface area contributed by atoms with Gasteiger partial charge in [0.05, 0.1) is 25.4 Å². The number of aliphatic hydroxyl groups excluding tert-OH is 1. The van der Waals surface area contributed by atoms with Crippen molar-refractivity contribution in [2.45, 2.75) is 18.8 Å². The minimum absolute atomic E-state index is 0.0133. The first-order valence-electron chi connectivity index (χ1n) is 16.4. The number of pyridine rings is 2. The highest BCUT2D eigenvalue weighted by molar-refractivity contribution is 5.93. The number of nitrogens with two attached hydrogens (primary N) is 1. The van der Waals surface area contributed by atoms with Crippen LogP contribution in [0.25, 0.3) is 21.5 Å². The van der Waals surface area contributed by atoms with Gasteiger partial charge >= 0.3 is 6.09 Å². The summed E-state index contributed by atoms with van der Waals surface area (Å²) in [4.78, 5) is 25.0. The fraction of sp³-hybridized carbons (Fsp3) is 0.324. The van der Waals surface area contributed by atoms with Crippen LogP contribution in [0.2, 0.25) is 0 Å². The summed E-state index contributed by atoms with van der Waals surface area (Å²) in [5.41, 5.74) is 6.58. The maximum absolute atomic E-state index is 13.7. The van der Waals surface area contributed by atoms with Crippen molar-refractivity contribution in [1.82, 2.24) is 15.3 Å². The second-order valence-corrected chi connectivity index (χ2v) is 11.6. The Labute approximate surface area is 289 Å². The van der Waals surface area contributed by atoms with Crippen LogP contribution in [0, 0.1) is 11.6 Å². The number of nitrogens with one attached hydrogen (secondary N) is 1. The fourth-order valence-electron chi connectivity index (χ4n) is 5.82. The highest BCUT2D eigenvalue weighted by Crippen LogP contribution is 2.28. The Morgan fingerprint density at radius 2 is 1.38 bits per heavy atom. The normalized spacial score (nSPS) is 17.3. The Morgan fingerprint density at radius 1 is 0.840 bits per heavy atom. The van der Waals surface area contributed by atoms with Gasteiger partial charge in [-0.2, -0.15) is 0 Å². The number of aliphatic hydroxyl groups is 1. The molecule has 50 heavy (non-hydrogen) atoms. The van der Waals surface area contributed by atoms with E-state index in [1.165, 1.54) is 24.3 Å². The summed E-state index contributed by atoms with van der Waals surface area (Å²) in [6.45, 7) is 4.78. The second-order valence-electron chi connectivity index (χ2n) is 11.6. The van der Waals surface area contributed by atoms with Crippen LogP contribution < -0.4 is 20.9 Å². The SMILES string of the molecule is CO.NCC1CN(c2nccc3ccc(F)cc23)CCO1.O=C(NCC1CN(c2nccc3ccc(F)cc23)CCO1)OCc1ccccc1. The van der Waals surface area contributed by atoms with E-state index in [0.717, 1.165) is 52.4 Å². The number of hydrogen-bond donors (Lipinski definition) is 3. The van der Waals surface area contributed by atoms with Gasteiger partial charge in [-0.05, 0) is 52.7 Å². The Hall–Kier alpha value is -4.95. The zero-order chi connectivity index (χ0) is 35.3. The average molecular weight is 689 g/mol. The molecular formula is C37H42F2N6O5. The lowest BCUT2D eigenvalue weighted by molar-refractivity contribution is 0.0391. The number of aromatic nitrogens is 2. The van der Waals surface area contributed by atoms with Crippen LogP contribution in [-0.4, -0.2) is 93.0 Å². The zero-order valence-corrected chi connectivity index (χ0v) is 27.9. The highest BCUT2D eigenvalue weighted by atomic mass is 19.1. The number of nitrogens with zero attached hydrogens (tertiary/aromatic N) is 4. The van der Waals surface area contributed by atoms with Gasteiger partial charge in [0.25, 0.3) is 0 Å². The lowest BCUT2D eigenvalue weighted by atomic mass is 10.1. The molecule has 0 bridgehead atoms. The molecule has 0 saturated carbocycles. The molecule has 2 fully saturated rings. The van der Waals surface area contributed by atoms with E-state index in [0.29, 0.717) is 45.9 Å². The van der Waals surface area contributed by atoms with Crippen molar-refractivity contribution in [3.63, 3.8) is 0 Å². The number of anilines is 2. The molecule has 0 aliphatic carbocycles. The first kappa shape index (κ1) is 36.3.